The van der Waals surface area contributed by atoms with Crippen LogP contribution in [0.4, 0.5) is 11.5 Å². The van der Waals surface area contributed by atoms with Crippen LogP contribution in [0.3, 0.4) is 0 Å². The van der Waals surface area contributed by atoms with Crippen LogP contribution < -0.4 is 16.3 Å². The van der Waals surface area contributed by atoms with E-state index in [-0.39, 0.29) is 5.69 Å². The highest BCUT2D eigenvalue weighted by molar-refractivity contribution is 7.80. The van der Waals surface area contributed by atoms with E-state index in [1.54, 1.807) is 6.07 Å². The lowest BCUT2D eigenvalue weighted by Gasteiger charge is -2.18. The minimum Gasteiger partial charge on any atom is -0.389 e. The molecule has 2 heterocycles. The van der Waals surface area contributed by atoms with Gasteiger partial charge in [-0.2, -0.15) is 5.10 Å². The molecule has 106 valence electrons. The first-order chi connectivity index (χ1) is 10.1. The van der Waals surface area contributed by atoms with Crippen LogP contribution in [-0.2, 0) is 0 Å². The molecule has 21 heavy (non-hydrogen) atoms. The second kappa shape index (κ2) is 4.98. The number of nitrogens with one attached hydrogen (secondary N) is 1. The normalized spacial score (nSPS) is 10.7. The topological polar surface area (TPSA) is 92.3 Å². The Morgan fingerprint density at radius 3 is 3.00 bits per heavy atom. The summed E-state index contributed by atoms with van der Waals surface area (Å²) < 4.78 is 1.34. The number of benzene rings is 1. The first-order valence-electron chi connectivity index (χ1n) is 6.12. The van der Waals surface area contributed by atoms with Crippen LogP contribution in [-0.4, -0.2) is 31.6 Å². The van der Waals surface area contributed by atoms with Crippen LogP contribution in [0, 0.1) is 0 Å². The first-order valence-corrected chi connectivity index (χ1v) is 6.53. The van der Waals surface area contributed by atoms with Crippen molar-refractivity contribution in [2.45, 2.75) is 0 Å². The van der Waals surface area contributed by atoms with Gasteiger partial charge in [0.25, 0.3) is 0 Å². The third-order valence-electron chi connectivity index (χ3n) is 3.16. The molecule has 0 spiro atoms. The van der Waals surface area contributed by atoms with Crippen LogP contribution in [0.2, 0.25) is 0 Å². The van der Waals surface area contributed by atoms with Gasteiger partial charge in [-0.25, -0.2) is 19.3 Å². The Balaban J connectivity index is 2.03. The summed E-state index contributed by atoms with van der Waals surface area (Å²) in [5.41, 5.74) is 7.50. The second-order valence-electron chi connectivity index (χ2n) is 4.48. The zero-order valence-electron chi connectivity index (χ0n) is 11.1. The fourth-order valence-corrected chi connectivity index (χ4v) is 2.11. The Kier molecular flexibility index (Phi) is 3.15. The molecule has 0 saturated carbocycles. The molecule has 0 fully saturated rings. The van der Waals surface area contributed by atoms with Crippen LogP contribution in [0.15, 0.2) is 41.5 Å². The van der Waals surface area contributed by atoms with E-state index in [1.165, 1.54) is 10.7 Å². The fraction of sp³-hybridized carbons (Fsp3) is 0.0769. The summed E-state index contributed by atoms with van der Waals surface area (Å²) in [5.74, 6) is 0.654. The van der Waals surface area contributed by atoms with Crippen LogP contribution in [0.5, 0.6) is 0 Å². The number of fused-ring (bicyclic) bond motifs is 1. The molecular weight excluding hydrogens is 288 g/mol. The van der Waals surface area contributed by atoms with E-state index < -0.39 is 0 Å². The Morgan fingerprint density at radius 1 is 1.43 bits per heavy atom. The molecule has 0 amide bonds. The minimum absolute atomic E-state index is 0.317. The molecule has 0 aliphatic heterocycles. The molecule has 3 N–H and O–H groups in total. The molecule has 0 unspecified atom stereocenters. The Hall–Kier alpha value is -2.74. The van der Waals surface area contributed by atoms with E-state index in [0.717, 1.165) is 11.3 Å². The van der Waals surface area contributed by atoms with E-state index in [9.17, 15) is 4.79 Å². The van der Waals surface area contributed by atoms with Crippen LogP contribution in [0.25, 0.3) is 5.65 Å². The second-order valence-corrected chi connectivity index (χ2v) is 4.92. The van der Waals surface area contributed by atoms with Crippen molar-refractivity contribution < 1.29 is 0 Å². The number of aromatic nitrogens is 4. The number of H-pyrrole nitrogens is 1. The Labute approximate surface area is 125 Å². The minimum atomic E-state index is -0.317. The lowest BCUT2D eigenvalue weighted by Crippen LogP contribution is -2.15. The van der Waals surface area contributed by atoms with Crippen molar-refractivity contribution in [2.24, 2.45) is 5.73 Å². The van der Waals surface area contributed by atoms with Gasteiger partial charge in [0, 0.05) is 24.4 Å². The third-order valence-corrected chi connectivity index (χ3v) is 3.39. The maximum absolute atomic E-state index is 11.4. The van der Waals surface area contributed by atoms with Gasteiger partial charge in [-0.3, -0.25) is 0 Å². The quantitative estimate of drug-likeness (QED) is 0.696. The maximum atomic E-state index is 11.4. The van der Waals surface area contributed by atoms with Gasteiger partial charge >= 0.3 is 5.69 Å². The van der Waals surface area contributed by atoms with E-state index in [1.807, 2.05) is 36.2 Å². The summed E-state index contributed by atoms with van der Waals surface area (Å²) in [7, 11) is 1.86. The van der Waals surface area contributed by atoms with Gasteiger partial charge in [-0.1, -0.05) is 24.4 Å². The van der Waals surface area contributed by atoms with Crippen molar-refractivity contribution in [3.8, 4) is 0 Å². The lowest BCUT2D eigenvalue weighted by atomic mass is 10.2. The summed E-state index contributed by atoms with van der Waals surface area (Å²) >= 11 is 4.98. The molecule has 0 saturated heterocycles. The fourth-order valence-electron chi connectivity index (χ4n) is 1.98. The predicted octanol–water partition coefficient (Wildman–Crippen LogP) is 0.820. The summed E-state index contributed by atoms with van der Waals surface area (Å²) in [6, 6.07) is 9.24. The monoisotopic (exact) mass is 300 g/mol. The van der Waals surface area contributed by atoms with Crippen molar-refractivity contribution in [1.82, 2.24) is 19.6 Å². The molecule has 3 rings (SSSR count). The van der Waals surface area contributed by atoms with E-state index in [4.69, 9.17) is 18.0 Å². The number of rotatable bonds is 3. The molecule has 2 aromatic heterocycles. The van der Waals surface area contributed by atoms with Crippen molar-refractivity contribution in [3.63, 3.8) is 0 Å². The van der Waals surface area contributed by atoms with Crippen molar-refractivity contribution in [2.75, 3.05) is 11.9 Å². The standard InChI is InChI=1S/C13H12N6OS/c1-18(9-4-2-3-8(5-9)12(14)21)10-6-11-16-17-13(20)19(11)7-15-10/h2-7H,1H3,(H2,14,21)(H,17,20). The zero-order valence-corrected chi connectivity index (χ0v) is 12.0. The maximum Gasteiger partial charge on any atom is 0.348 e. The molecular formula is C13H12N6OS. The summed E-state index contributed by atoms with van der Waals surface area (Å²) in [5, 5.41) is 6.29. The molecule has 0 bridgehead atoms. The highest BCUT2D eigenvalue weighted by atomic mass is 32.1. The van der Waals surface area contributed by atoms with Gasteiger partial charge in [-0.15, -0.1) is 0 Å². The number of thiocarbonyl (C=S) groups is 1. The number of hydrogen-bond donors (Lipinski definition) is 2. The molecule has 1 aromatic carbocycles. The van der Waals surface area contributed by atoms with Gasteiger partial charge in [0.15, 0.2) is 5.65 Å². The predicted molar refractivity (Wildman–Crippen MR) is 84.0 cm³/mol. The number of nitrogens with zero attached hydrogens (tertiary/aromatic N) is 4. The Morgan fingerprint density at radius 2 is 2.24 bits per heavy atom. The molecule has 0 aliphatic carbocycles. The Bertz CT molecular complexity index is 883. The van der Waals surface area contributed by atoms with Gasteiger partial charge in [0.2, 0.25) is 0 Å². The van der Waals surface area contributed by atoms with Crippen LogP contribution >= 0.6 is 12.2 Å². The van der Waals surface area contributed by atoms with Gasteiger partial charge < -0.3 is 10.6 Å². The SMILES string of the molecule is CN(c1cccc(C(N)=S)c1)c1cc2n[nH]c(=O)n2cn1. The average Bonchev–Trinajstić information content (AvgIpc) is 2.87. The first kappa shape index (κ1) is 13.3. The molecule has 3 aromatic rings. The van der Waals surface area contributed by atoms with E-state index >= 15 is 0 Å². The summed E-state index contributed by atoms with van der Waals surface area (Å²) in [6.45, 7) is 0. The number of anilines is 2. The molecule has 0 radical (unpaired) electrons. The summed E-state index contributed by atoms with van der Waals surface area (Å²) in [4.78, 5) is 17.9. The van der Waals surface area contributed by atoms with E-state index in [2.05, 4.69) is 15.2 Å². The van der Waals surface area contributed by atoms with Gasteiger partial charge in [-0.05, 0) is 12.1 Å². The highest BCUT2D eigenvalue weighted by Crippen LogP contribution is 2.22. The van der Waals surface area contributed by atoms with Crippen molar-refractivity contribution in [1.29, 1.82) is 0 Å². The number of nitrogens with two attached hydrogens (primary N) is 1. The van der Waals surface area contributed by atoms with Crippen LogP contribution in [0.1, 0.15) is 5.56 Å². The van der Waals surface area contributed by atoms with Crippen molar-refractivity contribution >= 4 is 34.4 Å². The molecule has 0 atom stereocenters. The third kappa shape index (κ3) is 2.36. The summed E-state index contributed by atoms with van der Waals surface area (Å²) in [6.07, 6.45) is 1.43. The lowest BCUT2D eigenvalue weighted by molar-refractivity contribution is 0.986. The number of hydrogen-bond acceptors (Lipinski definition) is 5. The van der Waals surface area contributed by atoms with E-state index in [0.29, 0.717) is 16.5 Å². The zero-order chi connectivity index (χ0) is 15.0. The van der Waals surface area contributed by atoms with Crippen molar-refractivity contribution in [3.05, 3.63) is 52.7 Å². The molecule has 7 nitrogen and oxygen atoms in total. The highest BCUT2D eigenvalue weighted by Gasteiger charge is 2.09. The van der Waals surface area contributed by atoms with Gasteiger partial charge in [0.05, 0.1) is 0 Å². The molecule has 8 heteroatoms. The largest absolute Gasteiger partial charge is 0.389 e. The van der Waals surface area contributed by atoms with Gasteiger partial charge in [0.1, 0.15) is 17.1 Å². The smallest absolute Gasteiger partial charge is 0.348 e. The molecule has 0 aliphatic rings. The number of aromatic amines is 1. The average molecular weight is 300 g/mol.